The van der Waals surface area contributed by atoms with E-state index in [0.29, 0.717) is 5.56 Å². The Labute approximate surface area is 134 Å². The van der Waals surface area contributed by atoms with Gasteiger partial charge in [0.1, 0.15) is 5.82 Å². The highest BCUT2D eigenvalue weighted by Gasteiger charge is 2.16. The number of benzene rings is 2. The lowest BCUT2D eigenvalue weighted by Gasteiger charge is -2.23. The number of aryl methyl sites for hydroxylation is 2. The average Bonchev–Trinajstić information content (AvgIpc) is 2.41. The van der Waals surface area contributed by atoms with E-state index in [2.05, 4.69) is 60.2 Å². The second kappa shape index (κ2) is 6.71. The van der Waals surface area contributed by atoms with Crippen molar-refractivity contribution in [2.75, 3.05) is 0 Å². The normalized spacial score (nSPS) is 14.0. The number of rotatable bonds is 4. The summed E-state index contributed by atoms with van der Waals surface area (Å²) < 4.78 is 14.8. The molecule has 0 fully saturated rings. The van der Waals surface area contributed by atoms with Crippen molar-refractivity contribution in [3.63, 3.8) is 0 Å². The molecule has 0 aliphatic carbocycles. The Morgan fingerprint density at radius 2 is 1.62 bits per heavy atom. The van der Waals surface area contributed by atoms with E-state index in [4.69, 9.17) is 0 Å². The van der Waals surface area contributed by atoms with E-state index in [0.717, 1.165) is 4.47 Å². The van der Waals surface area contributed by atoms with Crippen molar-refractivity contribution in [3.8, 4) is 0 Å². The van der Waals surface area contributed by atoms with Gasteiger partial charge >= 0.3 is 0 Å². The minimum absolute atomic E-state index is 0.0572. The molecule has 0 spiro atoms. The molecule has 0 saturated carbocycles. The van der Waals surface area contributed by atoms with Gasteiger partial charge in [-0.05, 0) is 57.0 Å². The van der Waals surface area contributed by atoms with E-state index in [1.54, 1.807) is 6.07 Å². The van der Waals surface area contributed by atoms with Crippen LogP contribution in [-0.4, -0.2) is 0 Å². The van der Waals surface area contributed by atoms with Gasteiger partial charge in [-0.1, -0.05) is 39.7 Å². The molecule has 21 heavy (non-hydrogen) atoms. The van der Waals surface area contributed by atoms with Crippen molar-refractivity contribution in [2.24, 2.45) is 0 Å². The van der Waals surface area contributed by atoms with Gasteiger partial charge in [-0.25, -0.2) is 4.39 Å². The van der Waals surface area contributed by atoms with Crippen LogP contribution in [0.25, 0.3) is 0 Å². The molecule has 112 valence electrons. The van der Waals surface area contributed by atoms with Crippen LogP contribution in [0.3, 0.4) is 0 Å². The van der Waals surface area contributed by atoms with E-state index in [9.17, 15) is 4.39 Å². The Hall–Kier alpha value is -1.19. The van der Waals surface area contributed by atoms with Crippen LogP contribution in [0.1, 0.15) is 48.2 Å². The Kier molecular flexibility index (Phi) is 5.17. The van der Waals surface area contributed by atoms with Crippen LogP contribution in [0, 0.1) is 19.7 Å². The van der Waals surface area contributed by atoms with Crippen LogP contribution in [0.2, 0.25) is 0 Å². The first-order valence-corrected chi connectivity index (χ1v) is 7.96. The molecule has 0 aromatic heterocycles. The fourth-order valence-electron chi connectivity index (χ4n) is 2.71. The lowest BCUT2D eigenvalue weighted by Crippen LogP contribution is -2.23. The fourth-order valence-corrected chi connectivity index (χ4v) is 3.09. The summed E-state index contributed by atoms with van der Waals surface area (Å²) in [5, 5.41) is 3.48. The van der Waals surface area contributed by atoms with Gasteiger partial charge in [0.05, 0.1) is 0 Å². The number of hydrogen-bond donors (Lipinski definition) is 1. The maximum atomic E-state index is 13.9. The summed E-state index contributed by atoms with van der Waals surface area (Å²) in [6.45, 7) is 8.31. The highest BCUT2D eigenvalue weighted by atomic mass is 79.9. The molecule has 1 nitrogen and oxygen atoms in total. The van der Waals surface area contributed by atoms with Gasteiger partial charge in [0.15, 0.2) is 0 Å². The number of nitrogens with one attached hydrogen (secondary N) is 1. The summed E-state index contributed by atoms with van der Waals surface area (Å²) >= 11 is 3.40. The molecule has 0 bridgehead atoms. The summed E-state index contributed by atoms with van der Waals surface area (Å²) in [7, 11) is 0. The predicted molar refractivity (Wildman–Crippen MR) is 90.0 cm³/mol. The molecule has 0 heterocycles. The van der Waals surface area contributed by atoms with Gasteiger partial charge in [0.2, 0.25) is 0 Å². The topological polar surface area (TPSA) is 12.0 Å². The van der Waals surface area contributed by atoms with Gasteiger partial charge in [-0.3, -0.25) is 0 Å². The van der Waals surface area contributed by atoms with E-state index >= 15 is 0 Å². The van der Waals surface area contributed by atoms with E-state index in [-0.39, 0.29) is 17.9 Å². The third-order valence-electron chi connectivity index (χ3n) is 3.82. The van der Waals surface area contributed by atoms with E-state index in [1.807, 2.05) is 13.0 Å². The first-order valence-electron chi connectivity index (χ1n) is 7.16. The zero-order chi connectivity index (χ0) is 15.6. The van der Waals surface area contributed by atoms with Gasteiger partial charge < -0.3 is 5.32 Å². The smallest absolute Gasteiger partial charge is 0.128 e. The van der Waals surface area contributed by atoms with Gasteiger partial charge in [0, 0.05) is 22.1 Å². The first-order chi connectivity index (χ1) is 9.88. The van der Waals surface area contributed by atoms with Crippen molar-refractivity contribution in [3.05, 3.63) is 68.9 Å². The number of halogens is 2. The molecule has 0 aliphatic heterocycles. The van der Waals surface area contributed by atoms with Gasteiger partial charge in [0.25, 0.3) is 0 Å². The zero-order valence-corrected chi connectivity index (χ0v) is 14.5. The molecule has 2 rings (SSSR count). The second-order valence-electron chi connectivity index (χ2n) is 5.64. The summed E-state index contributed by atoms with van der Waals surface area (Å²) in [6, 6.07) is 11.6. The van der Waals surface area contributed by atoms with Crippen molar-refractivity contribution in [1.29, 1.82) is 0 Å². The third kappa shape index (κ3) is 3.92. The molecular formula is C18H21BrFN. The van der Waals surface area contributed by atoms with Crippen molar-refractivity contribution in [2.45, 2.75) is 39.8 Å². The van der Waals surface area contributed by atoms with Crippen LogP contribution >= 0.6 is 15.9 Å². The Balaban J connectivity index is 2.18. The Bertz CT molecular complexity index is 639. The molecule has 1 N–H and O–H groups in total. The SMILES string of the molecule is Cc1ccc(C(C)NC(C)c2cc(Br)ccc2F)c(C)c1. The standard InChI is InChI=1S/C18H21BrFN/c1-11-5-7-16(12(2)9-11)13(3)21-14(4)17-10-15(19)6-8-18(17)20/h5-10,13-14,21H,1-4H3. The summed E-state index contributed by atoms with van der Waals surface area (Å²) in [5.41, 5.74) is 4.45. The third-order valence-corrected chi connectivity index (χ3v) is 4.31. The second-order valence-corrected chi connectivity index (χ2v) is 6.55. The van der Waals surface area contributed by atoms with Crippen molar-refractivity contribution >= 4 is 15.9 Å². The fraction of sp³-hybridized carbons (Fsp3) is 0.333. The summed E-state index contributed by atoms with van der Waals surface area (Å²) in [6.07, 6.45) is 0. The van der Waals surface area contributed by atoms with Crippen LogP contribution in [0.4, 0.5) is 4.39 Å². The molecule has 0 saturated heterocycles. The monoisotopic (exact) mass is 349 g/mol. The molecule has 2 unspecified atom stereocenters. The lowest BCUT2D eigenvalue weighted by atomic mass is 9.98. The number of hydrogen-bond acceptors (Lipinski definition) is 1. The molecule has 2 aromatic carbocycles. The zero-order valence-electron chi connectivity index (χ0n) is 12.9. The van der Waals surface area contributed by atoms with Gasteiger partial charge in [-0.15, -0.1) is 0 Å². The lowest BCUT2D eigenvalue weighted by molar-refractivity contribution is 0.472. The first kappa shape index (κ1) is 16.2. The molecule has 0 aliphatic rings. The highest BCUT2D eigenvalue weighted by Crippen LogP contribution is 2.25. The molecule has 0 radical (unpaired) electrons. The Morgan fingerprint density at radius 1 is 0.952 bits per heavy atom. The van der Waals surface area contributed by atoms with E-state index in [1.165, 1.54) is 22.8 Å². The molecule has 3 heteroatoms. The van der Waals surface area contributed by atoms with Gasteiger partial charge in [-0.2, -0.15) is 0 Å². The van der Waals surface area contributed by atoms with Crippen LogP contribution in [0.5, 0.6) is 0 Å². The maximum Gasteiger partial charge on any atom is 0.128 e. The highest BCUT2D eigenvalue weighted by molar-refractivity contribution is 9.10. The predicted octanol–water partition coefficient (Wildman–Crippen LogP) is 5.62. The maximum absolute atomic E-state index is 13.9. The molecule has 2 atom stereocenters. The van der Waals surface area contributed by atoms with Crippen molar-refractivity contribution < 1.29 is 4.39 Å². The summed E-state index contributed by atoms with van der Waals surface area (Å²) in [5.74, 6) is -0.175. The van der Waals surface area contributed by atoms with Crippen LogP contribution in [0.15, 0.2) is 40.9 Å². The van der Waals surface area contributed by atoms with Crippen LogP contribution in [-0.2, 0) is 0 Å². The summed E-state index contributed by atoms with van der Waals surface area (Å²) in [4.78, 5) is 0. The molecular weight excluding hydrogens is 329 g/mol. The molecule has 0 amide bonds. The van der Waals surface area contributed by atoms with E-state index < -0.39 is 0 Å². The van der Waals surface area contributed by atoms with Crippen molar-refractivity contribution in [1.82, 2.24) is 5.32 Å². The minimum atomic E-state index is -0.175. The van der Waals surface area contributed by atoms with Crippen LogP contribution < -0.4 is 5.32 Å². The Morgan fingerprint density at radius 3 is 2.29 bits per heavy atom. The quantitative estimate of drug-likeness (QED) is 0.755. The molecule has 2 aromatic rings. The minimum Gasteiger partial charge on any atom is -0.304 e. The average molecular weight is 350 g/mol. The largest absolute Gasteiger partial charge is 0.304 e.